The van der Waals surface area contributed by atoms with Crippen LogP contribution in [0.25, 0.3) is 0 Å². The van der Waals surface area contributed by atoms with E-state index in [0.717, 1.165) is 0 Å². The number of rotatable bonds is 7. The van der Waals surface area contributed by atoms with Gasteiger partial charge in [-0.3, -0.25) is 14.4 Å². The van der Waals surface area contributed by atoms with Gasteiger partial charge in [0.2, 0.25) is 0 Å². The number of nitrogens with two attached hydrogens (primary N) is 2. The summed E-state index contributed by atoms with van der Waals surface area (Å²) in [5.74, 6) is -2.31. The van der Waals surface area contributed by atoms with Gasteiger partial charge >= 0.3 is 0 Å². The molecule has 0 radical (unpaired) electrons. The van der Waals surface area contributed by atoms with E-state index in [0.29, 0.717) is 6.42 Å². The van der Waals surface area contributed by atoms with Gasteiger partial charge in [0.05, 0.1) is 0 Å². The SMILES string of the molecule is CC(=O)C(C(C)=O)C(=O)CCC(N)C(C)N. The molecule has 0 saturated heterocycles. The summed E-state index contributed by atoms with van der Waals surface area (Å²) in [4.78, 5) is 33.8. The lowest BCUT2D eigenvalue weighted by molar-refractivity contribution is -0.138. The predicted octanol–water partition coefficient (Wildman–Crippen LogP) is -0.196. The minimum atomic E-state index is -1.12. The molecule has 16 heavy (non-hydrogen) atoms. The Bertz CT molecular complexity index is 273. The van der Waals surface area contributed by atoms with Crippen LogP contribution in [-0.4, -0.2) is 29.4 Å². The molecule has 0 aliphatic carbocycles. The van der Waals surface area contributed by atoms with Crippen LogP contribution in [0.3, 0.4) is 0 Å². The van der Waals surface area contributed by atoms with Gasteiger partial charge in [-0.05, 0) is 27.2 Å². The summed E-state index contributed by atoms with van der Waals surface area (Å²) in [7, 11) is 0. The fourth-order valence-electron chi connectivity index (χ4n) is 1.46. The van der Waals surface area contributed by atoms with Gasteiger partial charge < -0.3 is 11.5 Å². The van der Waals surface area contributed by atoms with Gasteiger partial charge in [0.1, 0.15) is 17.5 Å². The Morgan fingerprint density at radius 3 is 1.81 bits per heavy atom. The number of ketones is 3. The van der Waals surface area contributed by atoms with E-state index >= 15 is 0 Å². The van der Waals surface area contributed by atoms with Gasteiger partial charge in [0.15, 0.2) is 5.78 Å². The molecule has 0 aliphatic rings. The Kier molecular flexibility index (Phi) is 6.06. The molecule has 92 valence electrons. The van der Waals surface area contributed by atoms with E-state index in [1.807, 2.05) is 0 Å². The van der Waals surface area contributed by atoms with Crippen LogP contribution < -0.4 is 11.5 Å². The Hall–Kier alpha value is -1.07. The number of hydrogen-bond acceptors (Lipinski definition) is 5. The molecule has 4 N–H and O–H groups in total. The number of hydrogen-bond donors (Lipinski definition) is 2. The topological polar surface area (TPSA) is 103 Å². The summed E-state index contributed by atoms with van der Waals surface area (Å²) in [5, 5.41) is 0. The third kappa shape index (κ3) is 4.63. The maximum absolute atomic E-state index is 11.6. The summed E-state index contributed by atoms with van der Waals surface area (Å²) >= 11 is 0. The molecule has 0 spiro atoms. The summed E-state index contributed by atoms with van der Waals surface area (Å²) in [5.41, 5.74) is 11.2. The summed E-state index contributed by atoms with van der Waals surface area (Å²) < 4.78 is 0. The van der Waals surface area contributed by atoms with Gasteiger partial charge in [-0.25, -0.2) is 0 Å². The molecule has 2 unspecified atom stereocenters. The fraction of sp³-hybridized carbons (Fsp3) is 0.727. The molecule has 5 heteroatoms. The predicted molar refractivity (Wildman–Crippen MR) is 60.7 cm³/mol. The van der Waals surface area contributed by atoms with Crippen molar-refractivity contribution in [3.05, 3.63) is 0 Å². The minimum absolute atomic E-state index is 0.118. The number of Topliss-reactive ketones (excluding diaryl/α,β-unsaturated/α-hetero) is 3. The molecule has 0 rings (SSSR count). The largest absolute Gasteiger partial charge is 0.327 e. The highest BCUT2D eigenvalue weighted by Gasteiger charge is 2.27. The first-order chi connectivity index (χ1) is 7.27. The zero-order chi connectivity index (χ0) is 12.9. The first-order valence-corrected chi connectivity index (χ1v) is 5.32. The van der Waals surface area contributed by atoms with Crippen LogP contribution >= 0.6 is 0 Å². The molecule has 0 aliphatic heterocycles. The zero-order valence-corrected chi connectivity index (χ0v) is 10.0. The number of carbonyl (C=O) groups excluding carboxylic acids is 3. The molecule has 0 aromatic carbocycles. The lowest BCUT2D eigenvalue weighted by Crippen LogP contribution is -2.40. The van der Waals surface area contributed by atoms with Crippen molar-refractivity contribution in [2.45, 2.75) is 45.7 Å². The van der Waals surface area contributed by atoms with E-state index in [2.05, 4.69) is 0 Å². The van der Waals surface area contributed by atoms with Crippen LogP contribution in [0.2, 0.25) is 0 Å². The van der Waals surface area contributed by atoms with Gasteiger partial charge in [0.25, 0.3) is 0 Å². The molecular formula is C11H20N2O3. The van der Waals surface area contributed by atoms with Gasteiger partial charge in [0, 0.05) is 18.5 Å². The molecule has 0 aromatic rings. The van der Waals surface area contributed by atoms with Gasteiger partial charge in [-0.2, -0.15) is 0 Å². The Labute approximate surface area is 95.6 Å². The van der Waals surface area contributed by atoms with Crippen molar-refractivity contribution in [3.63, 3.8) is 0 Å². The standard InChI is InChI=1S/C11H20N2O3/c1-6(12)9(13)4-5-10(16)11(7(2)14)8(3)15/h6,9,11H,4-5,12-13H2,1-3H3. The maximum Gasteiger partial charge on any atom is 0.150 e. The average molecular weight is 228 g/mol. The second-order valence-corrected chi connectivity index (χ2v) is 4.18. The van der Waals surface area contributed by atoms with E-state index in [1.54, 1.807) is 6.92 Å². The molecule has 0 saturated carbocycles. The lowest BCUT2D eigenvalue weighted by atomic mass is 9.91. The van der Waals surface area contributed by atoms with E-state index in [9.17, 15) is 14.4 Å². The van der Waals surface area contributed by atoms with Crippen molar-refractivity contribution >= 4 is 17.3 Å². The van der Waals surface area contributed by atoms with E-state index < -0.39 is 17.5 Å². The highest BCUT2D eigenvalue weighted by atomic mass is 16.2. The highest BCUT2D eigenvalue weighted by molar-refractivity contribution is 6.18. The van der Waals surface area contributed by atoms with Crippen LogP contribution in [0.15, 0.2) is 0 Å². The molecule has 0 fully saturated rings. The molecule has 0 heterocycles. The summed E-state index contributed by atoms with van der Waals surface area (Å²) in [6, 6.07) is -0.496. The van der Waals surface area contributed by atoms with Crippen molar-refractivity contribution in [3.8, 4) is 0 Å². The average Bonchev–Trinajstić information content (AvgIpc) is 2.12. The van der Waals surface area contributed by atoms with Crippen LogP contribution in [0.4, 0.5) is 0 Å². The van der Waals surface area contributed by atoms with Crippen molar-refractivity contribution in [1.82, 2.24) is 0 Å². The molecule has 5 nitrogen and oxygen atoms in total. The smallest absolute Gasteiger partial charge is 0.150 e. The van der Waals surface area contributed by atoms with E-state index in [1.165, 1.54) is 13.8 Å². The Morgan fingerprint density at radius 2 is 1.50 bits per heavy atom. The second-order valence-electron chi connectivity index (χ2n) is 4.18. The first-order valence-electron chi connectivity index (χ1n) is 5.32. The Balaban J connectivity index is 4.34. The van der Waals surface area contributed by atoms with Crippen LogP contribution in [0.5, 0.6) is 0 Å². The molecular weight excluding hydrogens is 208 g/mol. The number of carbonyl (C=O) groups is 3. The first kappa shape index (κ1) is 14.9. The minimum Gasteiger partial charge on any atom is -0.327 e. The zero-order valence-electron chi connectivity index (χ0n) is 10.0. The van der Waals surface area contributed by atoms with Crippen LogP contribution in [-0.2, 0) is 14.4 Å². The molecule has 0 amide bonds. The normalized spacial score (nSPS) is 14.6. The van der Waals surface area contributed by atoms with Gasteiger partial charge in [-0.1, -0.05) is 0 Å². The third-order valence-electron chi connectivity index (χ3n) is 2.53. The highest BCUT2D eigenvalue weighted by Crippen LogP contribution is 2.09. The quantitative estimate of drug-likeness (QED) is 0.587. The van der Waals surface area contributed by atoms with Gasteiger partial charge in [-0.15, -0.1) is 0 Å². The van der Waals surface area contributed by atoms with E-state index in [4.69, 9.17) is 11.5 Å². The second kappa shape index (κ2) is 6.50. The van der Waals surface area contributed by atoms with Crippen LogP contribution in [0, 0.1) is 5.92 Å². The molecule has 0 bridgehead atoms. The molecule has 0 aromatic heterocycles. The van der Waals surface area contributed by atoms with Crippen molar-refractivity contribution in [1.29, 1.82) is 0 Å². The van der Waals surface area contributed by atoms with Crippen molar-refractivity contribution in [2.75, 3.05) is 0 Å². The van der Waals surface area contributed by atoms with Crippen molar-refractivity contribution < 1.29 is 14.4 Å². The fourth-order valence-corrected chi connectivity index (χ4v) is 1.46. The monoisotopic (exact) mass is 228 g/mol. The lowest BCUT2D eigenvalue weighted by Gasteiger charge is -2.16. The van der Waals surface area contributed by atoms with E-state index in [-0.39, 0.29) is 24.3 Å². The summed E-state index contributed by atoms with van der Waals surface area (Å²) in [6.07, 6.45) is 0.514. The Morgan fingerprint density at radius 1 is 1.06 bits per heavy atom. The summed E-state index contributed by atoms with van der Waals surface area (Å²) in [6.45, 7) is 4.24. The maximum atomic E-state index is 11.6. The third-order valence-corrected chi connectivity index (χ3v) is 2.53. The van der Waals surface area contributed by atoms with Crippen molar-refractivity contribution in [2.24, 2.45) is 17.4 Å². The molecule has 2 atom stereocenters. The van der Waals surface area contributed by atoms with Crippen LogP contribution in [0.1, 0.15) is 33.6 Å².